The molecule has 2 aromatic rings. The summed E-state index contributed by atoms with van der Waals surface area (Å²) in [7, 11) is 4.37. The van der Waals surface area contributed by atoms with Gasteiger partial charge in [-0.2, -0.15) is 0 Å². The fourth-order valence-corrected chi connectivity index (χ4v) is 2.23. The van der Waals surface area contributed by atoms with Gasteiger partial charge in [-0.1, -0.05) is 0 Å². The summed E-state index contributed by atoms with van der Waals surface area (Å²) >= 11 is 0. The van der Waals surface area contributed by atoms with E-state index in [2.05, 4.69) is 0 Å². The molecule has 0 aromatic heterocycles. The van der Waals surface area contributed by atoms with E-state index in [-0.39, 0.29) is 28.6 Å². The zero-order chi connectivity index (χ0) is 17.7. The third kappa shape index (κ3) is 3.43. The molecule has 0 radical (unpaired) electrons. The van der Waals surface area contributed by atoms with Gasteiger partial charge in [0.25, 0.3) is 0 Å². The number of phenols is 2. The maximum absolute atomic E-state index is 12.5. The van der Waals surface area contributed by atoms with Crippen molar-refractivity contribution in [3.63, 3.8) is 0 Å². The summed E-state index contributed by atoms with van der Waals surface area (Å²) in [6, 6.07) is 7.22. The number of rotatable bonds is 6. The number of allylic oxidation sites excluding steroid dienone is 1. The maximum atomic E-state index is 12.5. The van der Waals surface area contributed by atoms with Crippen molar-refractivity contribution in [1.29, 1.82) is 0 Å². The minimum atomic E-state index is -0.351. The van der Waals surface area contributed by atoms with Crippen LogP contribution in [-0.2, 0) is 0 Å². The molecule has 126 valence electrons. The van der Waals surface area contributed by atoms with Crippen LogP contribution in [0.5, 0.6) is 28.7 Å². The quantitative estimate of drug-likeness (QED) is 0.481. The molecule has 0 aliphatic carbocycles. The number of carbonyl (C=O) groups excluding carboxylic acids is 1. The smallest absolute Gasteiger partial charge is 0.204 e. The minimum absolute atomic E-state index is 0.0106. The number of ketones is 1. The molecule has 6 heteroatoms. The largest absolute Gasteiger partial charge is 0.508 e. The second kappa shape index (κ2) is 7.41. The Bertz CT molecular complexity index is 779. The standard InChI is InChI=1S/C18H18O6/c1-22-16-9-6-13(17(23-2)18(16)24-3)15(21)7-4-11-10-12(19)5-8-14(11)20/h4-10,19-20H,1-3H3/b7-4+. The van der Waals surface area contributed by atoms with Gasteiger partial charge in [0.15, 0.2) is 17.3 Å². The first kappa shape index (κ1) is 17.2. The molecule has 24 heavy (non-hydrogen) atoms. The summed E-state index contributed by atoms with van der Waals surface area (Å²) in [5, 5.41) is 19.2. The Morgan fingerprint density at radius 1 is 0.958 bits per heavy atom. The van der Waals surface area contributed by atoms with Crippen LogP contribution in [0.15, 0.2) is 36.4 Å². The van der Waals surface area contributed by atoms with Crippen molar-refractivity contribution < 1.29 is 29.2 Å². The van der Waals surface area contributed by atoms with E-state index < -0.39 is 0 Å². The average molecular weight is 330 g/mol. The highest BCUT2D eigenvalue weighted by Gasteiger charge is 2.19. The number of methoxy groups -OCH3 is 3. The third-order valence-corrected chi connectivity index (χ3v) is 3.40. The number of carbonyl (C=O) groups is 1. The molecular weight excluding hydrogens is 312 g/mol. The number of phenolic OH excluding ortho intramolecular Hbond substituents is 2. The van der Waals surface area contributed by atoms with E-state index in [1.165, 1.54) is 51.7 Å². The highest BCUT2D eigenvalue weighted by molar-refractivity contribution is 6.09. The average Bonchev–Trinajstić information content (AvgIpc) is 2.60. The van der Waals surface area contributed by atoms with Crippen molar-refractivity contribution in [2.24, 2.45) is 0 Å². The Balaban J connectivity index is 2.39. The van der Waals surface area contributed by atoms with Crippen LogP contribution < -0.4 is 14.2 Å². The lowest BCUT2D eigenvalue weighted by Gasteiger charge is -2.14. The SMILES string of the molecule is COc1ccc(C(=O)/C=C/c2cc(O)ccc2O)c(OC)c1OC. The lowest BCUT2D eigenvalue weighted by atomic mass is 10.1. The Hall–Kier alpha value is -3.15. The van der Waals surface area contributed by atoms with Crippen LogP contribution in [0.3, 0.4) is 0 Å². The molecule has 2 rings (SSSR count). The second-order valence-electron chi connectivity index (χ2n) is 4.82. The van der Waals surface area contributed by atoms with Gasteiger partial charge in [0, 0.05) is 5.56 Å². The van der Waals surface area contributed by atoms with Crippen molar-refractivity contribution in [3.05, 3.63) is 47.5 Å². The van der Waals surface area contributed by atoms with Crippen molar-refractivity contribution in [2.75, 3.05) is 21.3 Å². The third-order valence-electron chi connectivity index (χ3n) is 3.40. The predicted molar refractivity (Wildman–Crippen MR) is 89.2 cm³/mol. The Labute approximate surface area is 139 Å². The van der Waals surface area contributed by atoms with E-state index in [0.29, 0.717) is 17.1 Å². The van der Waals surface area contributed by atoms with E-state index in [1.54, 1.807) is 12.1 Å². The first-order chi connectivity index (χ1) is 11.5. The maximum Gasteiger partial charge on any atom is 0.204 e. The fraction of sp³-hybridized carbons (Fsp3) is 0.167. The van der Waals surface area contributed by atoms with Crippen LogP contribution in [-0.4, -0.2) is 37.3 Å². The summed E-state index contributed by atoms with van der Waals surface area (Å²) in [4.78, 5) is 12.5. The molecule has 0 spiro atoms. The summed E-state index contributed by atoms with van der Waals surface area (Å²) in [6.07, 6.45) is 2.69. The predicted octanol–water partition coefficient (Wildman–Crippen LogP) is 3.02. The molecule has 0 fully saturated rings. The number of hydrogen-bond acceptors (Lipinski definition) is 6. The molecule has 0 aliphatic heterocycles. The molecule has 0 heterocycles. The normalized spacial score (nSPS) is 10.6. The Kier molecular flexibility index (Phi) is 5.31. The highest BCUT2D eigenvalue weighted by Crippen LogP contribution is 2.40. The highest BCUT2D eigenvalue weighted by atomic mass is 16.5. The zero-order valence-electron chi connectivity index (χ0n) is 13.6. The van der Waals surface area contributed by atoms with Crippen LogP contribution in [0, 0.1) is 0 Å². The van der Waals surface area contributed by atoms with Crippen molar-refractivity contribution in [2.45, 2.75) is 0 Å². The van der Waals surface area contributed by atoms with Crippen LogP contribution >= 0.6 is 0 Å². The van der Waals surface area contributed by atoms with Gasteiger partial charge in [-0.25, -0.2) is 0 Å². The molecule has 0 bridgehead atoms. The molecule has 0 saturated heterocycles. The van der Waals surface area contributed by atoms with Gasteiger partial charge in [0.1, 0.15) is 11.5 Å². The Morgan fingerprint density at radius 2 is 1.67 bits per heavy atom. The molecule has 0 atom stereocenters. The van der Waals surface area contributed by atoms with Crippen molar-refractivity contribution >= 4 is 11.9 Å². The molecule has 0 saturated carbocycles. The number of ether oxygens (including phenoxy) is 3. The lowest BCUT2D eigenvalue weighted by molar-refractivity contribution is 0.104. The first-order valence-electron chi connectivity index (χ1n) is 7.05. The monoisotopic (exact) mass is 330 g/mol. The van der Waals surface area contributed by atoms with Gasteiger partial charge in [0.2, 0.25) is 5.75 Å². The van der Waals surface area contributed by atoms with E-state index in [4.69, 9.17) is 14.2 Å². The van der Waals surface area contributed by atoms with Crippen LogP contribution in [0.1, 0.15) is 15.9 Å². The van der Waals surface area contributed by atoms with Crippen LogP contribution in [0.25, 0.3) is 6.08 Å². The zero-order valence-corrected chi connectivity index (χ0v) is 13.6. The Morgan fingerprint density at radius 3 is 2.29 bits per heavy atom. The molecule has 2 N–H and O–H groups in total. The van der Waals surface area contributed by atoms with Gasteiger partial charge in [-0.15, -0.1) is 0 Å². The van der Waals surface area contributed by atoms with Gasteiger partial charge >= 0.3 is 0 Å². The van der Waals surface area contributed by atoms with E-state index in [0.717, 1.165) is 0 Å². The minimum Gasteiger partial charge on any atom is -0.508 e. The van der Waals surface area contributed by atoms with Crippen LogP contribution in [0.4, 0.5) is 0 Å². The summed E-state index contributed by atoms with van der Waals surface area (Å²) in [5.41, 5.74) is 0.605. The van der Waals surface area contributed by atoms with Crippen molar-refractivity contribution in [3.8, 4) is 28.7 Å². The second-order valence-corrected chi connectivity index (χ2v) is 4.82. The summed E-state index contributed by atoms with van der Waals surface area (Å²) in [5.74, 6) is 0.613. The number of aromatic hydroxyl groups is 2. The van der Waals surface area contributed by atoms with Crippen molar-refractivity contribution in [1.82, 2.24) is 0 Å². The molecule has 6 nitrogen and oxygen atoms in total. The summed E-state index contributed by atoms with van der Waals surface area (Å²) in [6.45, 7) is 0. The fourth-order valence-electron chi connectivity index (χ4n) is 2.23. The molecule has 2 aromatic carbocycles. The van der Waals surface area contributed by atoms with E-state index >= 15 is 0 Å². The van der Waals surface area contributed by atoms with Gasteiger partial charge in [0.05, 0.1) is 26.9 Å². The number of hydrogen-bond donors (Lipinski definition) is 2. The molecule has 0 unspecified atom stereocenters. The summed E-state index contributed by atoms with van der Waals surface area (Å²) < 4.78 is 15.7. The van der Waals surface area contributed by atoms with Gasteiger partial charge < -0.3 is 24.4 Å². The number of benzene rings is 2. The topological polar surface area (TPSA) is 85.2 Å². The lowest BCUT2D eigenvalue weighted by Crippen LogP contribution is -2.02. The molecule has 0 aliphatic rings. The van der Waals surface area contributed by atoms with E-state index in [1.807, 2.05) is 0 Å². The van der Waals surface area contributed by atoms with Crippen LogP contribution in [0.2, 0.25) is 0 Å². The van der Waals surface area contributed by atoms with E-state index in [9.17, 15) is 15.0 Å². The van der Waals surface area contributed by atoms with Gasteiger partial charge in [-0.3, -0.25) is 4.79 Å². The van der Waals surface area contributed by atoms with Gasteiger partial charge in [-0.05, 0) is 42.5 Å². The molecular formula is C18H18O6. The molecule has 0 amide bonds. The first-order valence-corrected chi connectivity index (χ1v) is 7.05.